The highest BCUT2D eigenvalue weighted by Gasteiger charge is 2.32. The summed E-state index contributed by atoms with van der Waals surface area (Å²) >= 11 is 0. The van der Waals surface area contributed by atoms with Crippen molar-refractivity contribution in [2.24, 2.45) is 4.40 Å². The van der Waals surface area contributed by atoms with Gasteiger partial charge in [-0.1, -0.05) is 6.07 Å². The van der Waals surface area contributed by atoms with Crippen molar-refractivity contribution in [2.75, 3.05) is 7.11 Å². The maximum Gasteiger partial charge on any atom is 0.285 e. The molecule has 1 heterocycles. The second-order valence-corrected chi connectivity index (χ2v) is 5.08. The predicted octanol–water partition coefficient (Wildman–Crippen LogP) is 0.981. The molecule has 98 valence electrons. The van der Waals surface area contributed by atoms with Crippen molar-refractivity contribution in [3.63, 3.8) is 0 Å². The monoisotopic (exact) mass is 274 g/mol. The van der Waals surface area contributed by atoms with Gasteiger partial charge in [0.05, 0.1) is 12.7 Å². The van der Waals surface area contributed by atoms with Crippen LogP contribution in [0, 0.1) is 0 Å². The van der Waals surface area contributed by atoms with Crippen molar-refractivity contribution in [3.05, 3.63) is 23.8 Å². The normalized spacial score (nSPS) is 17.8. The summed E-state index contributed by atoms with van der Waals surface area (Å²) in [4.78, 5) is 4.60. The molecule has 0 saturated carbocycles. The summed E-state index contributed by atoms with van der Waals surface area (Å²) in [5.74, 6) is 0.0654. The molecular formula is C10H11FN2O4S. The molecule has 18 heavy (non-hydrogen) atoms. The van der Waals surface area contributed by atoms with Gasteiger partial charge in [-0.15, -0.1) is 4.40 Å². The van der Waals surface area contributed by atoms with Crippen LogP contribution in [0.1, 0.15) is 12.5 Å². The summed E-state index contributed by atoms with van der Waals surface area (Å²) in [6.45, 7) is 1.20. The highest BCUT2D eigenvalue weighted by Crippen LogP contribution is 2.33. The minimum Gasteiger partial charge on any atom is -0.460 e. The standard InChI is InChI=1S/C10H11FN2O4S/c1-6(11)17-7-4-3-5-8-9(7)10(12-16-2)13-18(8,14)15/h3-6H,1-2H3,(H,12,13). The van der Waals surface area contributed by atoms with Gasteiger partial charge < -0.3 is 4.74 Å². The van der Waals surface area contributed by atoms with Gasteiger partial charge in [0, 0.05) is 6.92 Å². The average molecular weight is 274 g/mol. The molecule has 1 unspecified atom stereocenters. The van der Waals surface area contributed by atoms with Gasteiger partial charge in [0.1, 0.15) is 10.6 Å². The molecule has 2 rings (SSSR count). The van der Waals surface area contributed by atoms with Crippen molar-refractivity contribution >= 4 is 15.9 Å². The molecule has 6 nitrogen and oxygen atoms in total. The summed E-state index contributed by atoms with van der Waals surface area (Å²) in [7, 11) is -2.48. The van der Waals surface area contributed by atoms with E-state index in [2.05, 4.69) is 14.7 Å². The number of hydroxylamine groups is 1. The Morgan fingerprint density at radius 2 is 2.17 bits per heavy atom. The molecule has 0 amide bonds. The summed E-state index contributed by atoms with van der Waals surface area (Å²) in [6, 6.07) is 4.29. The fourth-order valence-electron chi connectivity index (χ4n) is 1.61. The number of rotatable bonds is 3. The Morgan fingerprint density at radius 1 is 1.44 bits per heavy atom. The van der Waals surface area contributed by atoms with E-state index in [1.807, 2.05) is 0 Å². The Balaban J connectivity index is 2.58. The first-order valence-corrected chi connectivity index (χ1v) is 6.48. The van der Waals surface area contributed by atoms with Gasteiger partial charge >= 0.3 is 0 Å². The Morgan fingerprint density at radius 3 is 2.78 bits per heavy atom. The van der Waals surface area contributed by atoms with E-state index in [0.29, 0.717) is 0 Å². The highest BCUT2D eigenvalue weighted by atomic mass is 32.2. The predicted molar refractivity (Wildman–Crippen MR) is 61.5 cm³/mol. The van der Waals surface area contributed by atoms with Gasteiger partial charge in [-0.25, -0.2) is 9.87 Å². The van der Waals surface area contributed by atoms with Gasteiger partial charge in [-0.3, -0.25) is 4.84 Å². The van der Waals surface area contributed by atoms with Crippen LogP contribution < -0.4 is 10.2 Å². The van der Waals surface area contributed by atoms with Crippen LogP contribution in [0.25, 0.3) is 0 Å². The first-order chi connectivity index (χ1) is 8.45. The highest BCUT2D eigenvalue weighted by molar-refractivity contribution is 7.90. The lowest BCUT2D eigenvalue weighted by molar-refractivity contribution is 0.0851. The Labute approximate surface area is 103 Å². The van der Waals surface area contributed by atoms with Crippen molar-refractivity contribution in [2.45, 2.75) is 18.2 Å². The van der Waals surface area contributed by atoms with Gasteiger partial charge in [0.25, 0.3) is 10.0 Å². The lowest BCUT2D eigenvalue weighted by atomic mass is 10.2. The molecule has 1 aliphatic rings. The first kappa shape index (κ1) is 12.8. The minimum atomic E-state index is -3.79. The zero-order valence-electron chi connectivity index (χ0n) is 9.68. The number of amidine groups is 1. The zero-order chi connectivity index (χ0) is 13.3. The maximum atomic E-state index is 12.9. The summed E-state index contributed by atoms with van der Waals surface area (Å²) in [5.41, 5.74) is 2.51. The molecule has 8 heteroatoms. The number of ether oxygens (including phenoxy) is 1. The van der Waals surface area contributed by atoms with Crippen LogP contribution in [0.3, 0.4) is 0 Å². The zero-order valence-corrected chi connectivity index (χ0v) is 10.5. The van der Waals surface area contributed by atoms with Crippen LogP contribution in [-0.4, -0.2) is 27.7 Å². The van der Waals surface area contributed by atoms with E-state index in [9.17, 15) is 12.8 Å². The molecule has 1 atom stereocenters. The second kappa shape index (κ2) is 4.54. The lowest BCUT2D eigenvalue weighted by Gasteiger charge is -2.12. The maximum absolute atomic E-state index is 12.9. The third kappa shape index (κ3) is 2.16. The third-order valence-electron chi connectivity index (χ3n) is 2.20. The number of benzene rings is 1. The number of halogens is 1. The number of sulfonamides is 1. The van der Waals surface area contributed by atoms with E-state index >= 15 is 0 Å². The van der Waals surface area contributed by atoms with E-state index in [0.717, 1.165) is 0 Å². The first-order valence-electron chi connectivity index (χ1n) is 5.04. The number of alkyl halides is 1. The van der Waals surface area contributed by atoms with Gasteiger partial charge in [-0.05, 0) is 12.1 Å². The van der Waals surface area contributed by atoms with E-state index in [-0.39, 0.29) is 22.0 Å². The molecule has 0 spiro atoms. The fraction of sp³-hybridized carbons (Fsp3) is 0.300. The fourth-order valence-corrected chi connectivity index (χ4v) is 2.79. The molecule has 0 aliphatic carbocycles. The van der Waals surface area contributed by atoms with Gasteiger partial charge in [0.15, 0.2) is 5.84 Å². The summed E-state index contributed by atoms with van der Waals surface area (Å²) < 4.78 is 44.8. The Hall–Kier alpha value is -1.67. The largest absolute Gasteiger partial charge is 0.460 e. The van der Waals surface area contributed by atoms with Crippen LogP contribution in [0.5, 0.6) is 5.75 Å². The van der Waals surface area contributed by atoms with Crippen LogP contribution in [-0.2, 0) is 14.9 Å². The molecule has 0 aromatic heterocycles. The molecule has 0 bridgehead atoms. The van der Waals surface area contributed by atoms with Crippen molar-refractivity contribution < 1.29 is 22.4 Å². The topological polar surface area (TPSA) is 77.0 Å². The van der Waals surface area contributed by atoms with Gasteiger partial charge in [0.2, 0.25) is 6.36 Å². The SMILES string of the molecule is CONC1=NS(=O)(=O)c2cccc(OC(C)F)c21. The molecular weight excluding hydrogens is 263 g/mol. The molecule has 0 fully saturated rings. The van der Waals surface area contributed by atoms with Crippen molar-refractivity contribution in [1.82, 2.24) is 5.48 Å². The van der Waals surface area contributed by atoms with Gasteiger partial charge in [-0.2, -0.15) is 8.42 Å². The minimum absolute atomic E-state index is 0.0243. The van der Waals surface area contributed by atoms with Crippen LogP contribution in [0.15, 0.2) is 27.5 Å². The summed E-state index contributed by atoms with van der Waals surface area (Å²) in [5, 5.41) is 0. The Bertz CT molecular complexity index is 598. The number of nitrogens with zero attached hydrogens (tertiary/aromatic N) is 1. The number of nitrogens with one attached hydrogen (secondary N) is 1. The van der Waals surface area contributed by atoms with Crippen LogP contribution >= 0.6 is 0 Å². The van der Waals surface area contributed by atoms with E-state index in [4.69, 9.17) is 4.74 Å². The lowest BCUT2D eigenvalue weighted by Crippen LogP contribution is -2.22. The van der Waals surface area contributed by atoms with E-state index in [1.165, 1.54) is 32.2 Å². The van der Waals surface area contributed by atoms with Crippen molar-refractivity contribution in [1.29, 1.82) is 0 Å². The molecule has 0 radical (unpaired) electrons. The van der Waals surface area contributed by atoms with Crippen LogP contribution in [0.2, 0.25) is 0 Å². The smallest absolute Gasteiger partial charge is 0.285 e. The van der Waals surface area contributed by atoms with Crippen LogP contribution in [0.4, 0.5) is 4.39 Å². The summed E-state index contributed by atoms with van der Waals surface area (Å²) in [6.07, 6.45) is -1.57. The quantitative estimate of drug-likeness (QED) is 0.831. The molecule has 0 saturated heterocycles. The Kier molecular flexibility index (Phi) is 3.22. The number of hydrogen-bond acceptors (Lipinski definition) is 5. The molecule has 1 aliphatic heterocycles. The third-order valence-corrected chi connectivity index (χ3v) is 3.52. The van der Waals surface area contributed by atoms with E-state index < -0.39 is 16.4 Å². The molecule has 1 aromatic carbocycles. The second-order valence-electron chi connectivity index (χ2n) is 3.51. The number of hydrogen-bond donors (Lipinski definition) is 1. The number of fused-ring (bicyclic) bond motifs is 1. The van der Waals surface area contributed by atoms with Crippen molar-refractivity contribution in [3.8, 4) is 5.75 Å². The molecule has 1 N–H and O–H groups in total. The average Bonchev–Trinajstić information content (AvgIpc) is 2.52. The molecule has 1 aromatic rings. The van der Waals surface area contributed by atoms with E-state index in [1.54, 1.807) is 0 Å².